The van der Waals surface area contributed by atoms with E-state index in [0.717, 1.165) is 0 Å². The van der Waals surface area contributed by atoms with Crippen LogP contribution in [0.1, 0.15) is 19.8 Å². The number of rotatable bonds is 7. The highest BCUT2D eigenvalue weighted by molar-refractivity contribution is 5.72. The van der Waals surface area contributed by atoms with Gasteiger partial charge in [0.1, 0.15) is 6.61 Å². The molecule has 0 saturated heterocycles. The summed E-state index contributed by atoms with van der Waals surface area (Å²) < 4.78 is 9.04. The van der Waals surface area contributed by atoms with Crippen LogP contribution in [0.5, 0.6) is 0 Å². The van der Waals surface area contributed by atoms with Crippen molar-refractivity contribution in [2.45, 2.75) is 32.2 Å². The quantitative estimate of drug-likeness (QED) is 0.366. The standard InChI is InChI=1S/C9H16O7/c1-2-3-7(13)15-9(6(12)4-10)16-8(14)5-11/h6,9-12H,2-5H2,1H3. The van der Waals surface area contributed by atoms with E-state index in [0.29, 0.717) is 6.42 Å². The first-order chi connectivity index (χ1) is 7.54. The fraction of sp³-hybridized carbons (Fsp3) is 0.778. The molecule has 0 amide bonds. The second-order valence-corrected chi connectivity index (χ2v) is 3.01. The van der Waals surface area contributed by atoms with Crippen molar-refractivity contribution in [2.24, 2.45) is 0 Å². The van der Waals surface area contributed by atoms with Crippen molar-refractivity contribution in [3.05, 3.63) is 0 Å². The summed E-state index contributed by atoms with van der Waals surface area (Å²) in [4.78, 5) is 21.8. The fourth-order valence-electron chi connectivity index (χ4n) is 0.827. The largest absolute Gasteiger partial charge is 0.422 e. The van der Waals surface area contributed by atoms with E-state index in [1.165, 1.54) is 0 Å². The number of carbonyl (C=O) groups is 2. The molecule has 7 heteroatoms. The fourth-order valence-corrected chi connectivity index (χ4v) is 0.827. The van der Waals surface area contributed by atoms with Crippen molar-refractivity contribution < 1.29 is 34.4 Å². The Labute approximate surface area is 92.6 Å². The van der Waals surface area contributed by atoms with E-state index < -0.39 is 37.5 Å². The summed E-state index contributed by atoms with van der Waals surface area (Å²) in [6, 6.07) is 0. The van der Waals surface area contributed by atoms with Gasteiger partial charge in [-0.2, -0.15) is 0 Å². The SMILES string of the molecule is CCCC(=O)OC(OC(=O)CO)C(O)CO. The van der Waals surface area contributed by atoms with Gasteiger partial charge in [0.25, 0.3) is 6.29 Å². The number of ether oxygens (including phenoxy) is 2. The van der Waals surface area contributed by atoms with Crippen molar-refractivity contribution >= 4 is 11.9 Å². The average molecular weight is 236 g/mol. The van der Waals surface area contributed by atoms with Crippen LogP contribution < -0.4 is 0 Å². The minimum Gasteiger partial charge on any atom is -0.422 e. The second kappa shape index (κ2) is 8.03. The van der Waals surface area contributed by atoms with Gasteiger partial charge < -0.3 is 24.8 Å². The highest BCUT2D eigenvalue weighted by Crippen LogP contribution is 2.05. The zero-order chi connectivity index (χ0) is 12.6. The van der Waals surface area contributed by atoms with Crippen LogP contribution in [0, 0.1) is 0 Å². The molecule has 7 nitrogen and oxygen atoms in total. The Hall–Kier alpha value is -1.18. The van der Waals surface area contributed by atoms with Crippen LogP contribution in [-0.4, -0.2) is 52.9 Å². The van der Waals surface area contributed by atoms with Crippen molar-refractivity contribution in [3.8, 4) is 0 Å². The minimum atomic E-state index is -1.59. The van der Waals surface area contributed by atoms with Crippen molar-refractivity contribution in [1.29, 1.82) is 0 Å². The van der Waals surface area contributed by atoms with Crippen LogP contribution >= 0.6 is 0 Å². The number of aliphatic hydroxyl groups is 3. The third kappa shape index (κ3) is 5.64. The lowest BCUT2D eigenvalue weighted by Crippen LogP contribution is -2.38. The first kappa shape index (κ1) is 14.8. The summed E-state index contributed by atoms with van der Waals surface area (Å²) in [5, 5.41) is 26.2. The molecule has 0 aliphatic rings. The zero-order valence-electron chi connectivity index (χ0n) is 8.96. The smallest absolute Gasteiger partial charge is 0.334 e. The van der Waals surface area contributed by atoms with Crippen molar-refractivity contribution in [2.75, 3.05) is 13.2 Å². The van der Waals surface area contributed by atoms with E-state index in [9.17, 15) is 14.7 Å². The molecule has 16 heavy (non-hydrogen) atoms. The number of esters is 2. The summed E-state index contributed by atoms with van der Waals surface area (Å²) in [7, 11) is 0. The van der Waals surface area contributed by atoms with Gasteiger partial charge in [0, 0.05) is 6.42 Å². The van der Waals surface area contributed by atoms with Crippen LogP contribution in [0.2, 0.25) is 0 Å². The van der Waals surface area contributed by atoms with E-state index in [-0.39, 0.29) is 6.42 Å². The van der Waals surface area contributed by atoms with Crippen LogP contribution in [0.15, 0.2) is 0 Å². The number of hydrogen-bond acceptors (Lipinski definition) is 7. The van der Waals surface area contributed by atoms with Crippen LogP contribution in [-0.2, 0) is 19.1 Å². The maximum absolute atomic E-state index is 11.1. The van der Waals surface area contributed by atoms with Gasteiger partial charge in [-0.05, 0) is 6.42 Å². The van der Waals surface area contributed by atoms with E-state index >= 15 is 0 Å². The Morgan fingerprint density at radius 2 is 1.75 bits per heavy atom. The van der Waals surface area contributed by atoms with Crippen LogP contribution in [0.4, 0.5) is 0 Å². The van der Waals surface area contributed by atoms with Crippen molar-refractivity contribution in [3.63, 3.8) is 0 Å². The molecule has 0 aromatic rings. The van der Waals surface area contributed by atoms with Gasteiger partial charge in [-0.1, -0.05) is 6.92 Å². The third-order valence-corrected chi connectivity index (χ3v) is 1.58. The van der Waals surface area contributed by atoms with Crippen molar-refractivity contribution in [1.82, 2.24) is 0 Å². The number of aliphatic hydroxyl groups excluding tert-OH is 3. The molecule has 0 fully saturated rings. The first-order valence-corrected chi connectivity index (χ1v) is 4.83. The lowest BCUT2D eigenvalue weighted by Gasteiger charge is -2.21. The van der Waals surface area contributed by atoms with Crippen LogP contribution in [0.25, 0.3) is 0 Å². The predicted octanol–water partition coefficient (Wildman–Crippen LogP) is -1.46. The lowest BCUT2D eigenvalue weighted by atomic mass is 10.3. The third-order valence-electron chi connectivity index (χ3n) is 1.58. The molecule has 94 valence electrons. The minimum absolute atomic E-state index is 0.103. The molecule has 0 aliphatic carbocycles. The molecular weight excluding hydrogens is 220 g/mol. The molecule has 0 bridgehead atoms. The number of hydrogen-bond donors (Lipinski definition) is 3. The molecule has 3 N–H and O–H groups in total. The molecule has 0 aliphatic heterocycles. The molecule has 0 spiro atoms. The molecule has 0 rings (SSSR count). The van der Waals surface area contributed by atoms with E-state index in [1.807, 2.05) is 0 Å². The summed E-state index contributed by atoms with van der Waals surface area (Å²) in [5.41, 5.74) is 0. The lowest BCUT2D eigenvalue weighted by molar-refractivity contribution is -0.211. The Morgan fingerprint density at radius 3 is 2.19 bits per heavy atom. The molecule has 0 aromatic carbocycles. The molecule has 0 radical (unpaired) electrons. The summed E-state index contributed by atoms with van der Waals surface area (Å²) in [5.74, 6) is -1.72. The second-order valence-electron chi connectivity index (χ2n) is 3.01. The van der Waals surface area contributed by atoms with Gasteiger partial charge in [-0.25, -0.2) is 4.79 Å². The first-order valence-electron chi connectivity index (χ1n) is 4.83. The molecular formula is C9H16O7. The molecule has 2 unspecified atom stereocenters. The summed E-state index contributed by atoms with van der Waals surface area (Å²) >= 11 is 0. The van der Waals surface area contributed by atoms with Gasteiger partial charge in [0.15, 0.2) is 6.10 Å². The molecule has 0 heterocycles. The topological polar surface area (TPSA) is 113 Å². The predicted molar refractivity (Wildman–Crippen MR) is 51.1 cm³/mol. The summed E-state index contributed by atoms with van der Waals surface area (Å²) in [6.45, 7) is 0.112. The maximum Gasteiger partial charge on any atom is 0.334 e. The highest BCUT2D eigenvalue weighted by atomic mass is 16.7. The summed E-state index contributed by atoms with van der Waals surface area (Å²) in [6.07, 6.45) is -2.49. The number of carbonyl (C=O) groups excluding carboxylic acids is 2. The zero-order valence-corrected chi connectivity index (χ0v) is 8.96. The van der Waals surface area contributed by atoms with E-state index in [1.54, 1.807) is 6.92 Å². The average Bonchev–Trinajstić information content (AvgIpc) is 2.27. The Morgan fingerprint density at radius 1 is 1.19 bits per heavy atom. The monoisotopic (exact) mass is 236 g/mol. The Bertz CT molecular complexity index is 228. The molecule has 0 aromatic heterocycles. The van der Waals surface area contributed by atoms with Gasteiger partial charge in [0.2, 0.25) is 0 Å². The Balaban J connectivity index is 4.31. The van der Waals surface area contributed by atoms with Gasteiger partial charge in [0.05, 0.1) is 6.61 Å². The van der Waals surface area contributed by atoms with Gasteiger partial charge in [-0.15, -0.1) is 0 Å². The normalized spacial score (nSPS) is 14.0. The van der Waals surface area contributed by atoms with Crippen LogP contribution in [0.3, 0.4) is 0 Å². The van der Waals surface area contributed by atoms with Gasteiger partial charge in [-0.3, -0.25) is 4.79 Å². The molecule has 0 saturated carbocycles. The Kier molecular flexibility index (Phi) is 7.44. The van der Waals surface area contributed by atoms with E-state index in [2.05, 4.69) is 9.47 Å². The van der Waals surface area contributed by atoms with Gasteiger partial charge >= 0.3 is 11.9 Å². The highest BCUT2D eigenvalue weighted by Gasteiger charge is 2.26. The van der Waals surface area contributed by atoms with E-state index in [4.69, 9.17) is 10.2 Å². The molecule has 2 atom stereocenters. The maximum atomic E-state index is 11.1.